The van der Waals surface area contributed by atoms with E-state index >= 15 is 0 Å². The van der Waals surface area contributed by atoms with Crippen LogP contribution in [0.4, 0.5) is 0 Å². The SMILES string of the molecule is CCc1cccc(C(=O)OC)c1S(=O)[O-]. The molecule has 0 aliphatic heterocycles. The van der Waals surface area contributed by atoms with Crippen molar-refractivity contribution in [2.75, 3.05) is 7.11 Å². The largest absolute Gasteiger partial charge is 0.768 e. The molecule has 0 fully saturated rings. The molecule has 0 spiro atoms. The molecule has 15 heavy (non-hydrogen) atoms. The van der Waals surface area contributed by atoms with E-state index in [0.29, 0.717) is 12.0 Å². The van der Waals surface area contributed by atoms with Crippen molar-refractivity contribution in [2.24, 2.45) is 0 Å². The van der Waals surface area contributed by atoms with Gasteiger partial charge >= 0.3 is 5.97 Å². The number of aryl methyl sites for hydroxylation is 1. The second kappa shape index (κ2) is 5.04. The van der Waals surface area contributed by atoms with Crippen LogP contribution in [-0.2, 0) is 22.2 Å². The fourth-order valence-corrected chi connectivity index (χ4v) is 2.09. The van der Waals surface area contributed by atoms with E-state index in [2.05, 4.69) is 4.74 Å². The molecule has 4 nitrogen and oxygen atoms in total. The minimum atomic E-state index is -2.42. The van der Waals surface area contributed by atoms with Crippen LogP contribution in [-0.4, -0.2) is 21.8 Å². The molecule has 1 atom stereocenters. The molecule has 0 aromatic heterocycles. The van der Waals surface area contributed by atoms with Crippen LogP contribution in [0.1, 0.15) is 22.8 Å². The minimum Gasteiger partial charge on any atom is -0.768 e. The lowest BCUT2D eigenvalue weighted by molar-refractivity contribution is 0.0596. The Labute approximate surface area is 90.5 Å². The minimum absolute atomic E-state index is 0.0341. The fraction of sp³-hybridized carbons (Fsp3) is 0.300. The highest BCUT2D eigenvalue weighted by Gasteiger charge is 2.14. The van der Waals surface area contributed by atoms with E-state index in [0.717, 1.165) is 0 Å². The molecule has 1 rings (SSSR count). The van der Waals surface area contributed by atoms with Crippen molar-refractivity contribution in [3.63, 3.8) is 0 Å². The third kappa shape index (κ3) is 2.43. The van der Waals surface area contributed by atoms with Gasteiger partial charge in [0.25, 0.3) is 0 Å². The number of hydrogen-bond acceptors (Lipinski definition) is 4. The Kier molecular flexibility index (Phi) is 3.99. The summed E-state index contributed by atoms with van der Waals surface area (Å²) in [5.41, 5.74) is 0.705. The molecule has 0 bridgehead atoms. The molecular formula is C10H11O4S-. The van der Waals surface area contributed by atoms with E-state index in [1.807, 2.05) is 6.92 Å². The number of esters is 1. The van der Waals surface area contributed by atoms with Crippen molar-refractivity contribution in [1.29, 1.82) is 0 Å². The second-order valence-electron chi connectivity index (χ2n) is 2.87. The van der Waals surface area contributed by atoms with Gasteiger partial charge in [-0.1, -0.05) is 19.1 Å². The summed E-state index contributed by atoms with van der Waals surface area (Å²) in [5, 5.41) is 0. The number of ether oxygens (including phenoxy) is 1. The van der Waals surface area contributed by atoms with Crippen molar-refractivity contribution >= 4 is 17.0 Å². The van der Waals surface area contributed by atoms with E-state index < -0.39 is 17.0 Å². The number of methoxy groups -OCH3 is 1. The quantitative estimate of drug-likeness (QED) is 0.576. The fourth-order valence-electron chi connectivity index (χ4n) is 1.33. The summed E-state index contributed by atoms with van der Waals surface area (Å²) in [4.78, 5) is 11.3. The van der Waals surface area contributed by atoms with Gasteiger partial charge in [0.2, 0.25) is 0 Å². The predicted molar refractivity (Wildman–Crippen MR) is 54.3 cm³/mol. The summed E-state index contributed by atoms with van der Waals surface area (Å²) in [5.74, 6) is -0.635. The first-order chi connectivity index (χ1) is 7.11. The average Bonchev–Trinajstić information content (AvgIpc) is 2.26. The van der Waals surface area contributed by atoms with Gasteiger partial charge in [0.15, 0.2) is 0 Å². The van der Waals surface area contributed by atoms with Gasteiger partial charge in [0, 0.05) is 4.90 Å². The summed E-state index contributed by atoms with van der Waals surface area (Å²) < 4.78 is 26.5. The van der Waals surface area contributed by atoms with Crippen LogP contribution in [0.5, 0.6) is 0 Å². The molecular weight excluding hydrogens is 216 g/mol. The molecule has 5 heteroatoms. The summed E-state index contributed by atoms with van der Waals surface area (Å²) in [6, 6.07) is 4.76. The van der Waals surface area contributed by atoms with Gasteiger partial charge in [0.1, 0.15) is 0 Å². The lowest BCUT2D eigenvalue weighted by Gasteiger charge is -2.14. The van der Waals surface area contributed by atoms with Crippen LogP contribution in [0.15, 0.2) is 23.1 Å². The smallest absolute Gasteiger partial charge is 0.339 e. The van der Waals surface area contributed by atoms with Crippen LogP contribution in [0.25, 0.3) is 0 Å². The third-order valence-corrected chi connectivity index (χ3v) is 2.86. The Balaban J connectivity index is 3.38. The number of carbonyl (C=O) groups is 1. The van der Waals surface area contributed by atoms with Crippen LogP contribution in [0.3, 0.4) is 0 Å². The monoisotopic (exact) mass is 227 g/mol. The second-order valence-corrected chi connectivity index (χ2v) is 3.75. The first kappa shape index (κ1) is 11.9. The summed E-state index contributed by atoms with van der Waals surface area (Å²) >= 11 is -2.42. The maximum absolute atomic E-state index is 11.3. The van der Waals surface area contributed by atoms with E-state index in [-0.39, 0.29) is 10.5 Å². The first-order valence-electron chi connectivity index (χ1n) is 4.41. The summed E-state index contributed by atoms with van der Waals surface area (Å²) in [6.07, 6.45) is 0.550. The zero-order valence-electron chi connectivity index (χ0n) is 8.48. The molecule has 82 valence electrons. The molecule has 0 aliphatic carbocycles. The Morgan fingerprint density at radius 3 is 2.67 bits per heavy atom. The Morgan fingerprint density at radius 1 is 1.53 bits per heavy atom. The first-order valence-corrected chi connectivity index (χ1v) is 5.48. The molecule has 0 saturated heterocycles. The van der Waals surface area contributed by atoms with Gasteiger partial charge < -0.3 is 9.29 Å². The van der Waals surface area contributed by atoms with Gasteiger partial charge in [-0.05, 0) is 29.1 Å². The molecule has 0 saturated carbocycles. The highest BCUT2D eigenvalue weighted by atomic mass is 32.2. The van der Waals surface area contributed by atoms with Crippen molar-refractivity contribution in [3.05, 3.63) is 29.3 Å². The normalized spacial score (nSPS) is 12.2. The van der Waals surface area contributed by atoms with Crippen molar-refractivity contribution in [3.8, 4) is 0 Å². The van der Waals surface area contributed by atoms with E-state index in [9.17, 15) is 13.6 Å². The van der Waals surface area contributed by atoms with E-state index in [1.54, 1.807) is 12.1 Å². The van der Waals surface area contributed by atoms with Crippen LogP contribution in [0, 0.1) is 0 Å². The topological polar surface area (TPSA) is 66.4 Å². The number of hydrogen-bond donors (Lipinski definition) is 0. The van der Waals surface area contributed by atoms with E-state index in [4.69, 9.17) is 0 Å². The molecule has 0 N–H and O–H groups in total. The lowest BCUT2D eigenvalue weighted by atomic mass is 10.1. The molecule has 0 aliphatic rings. The Morgan fingerprint density at radius 2 is 2.20 bits per heavy atom. The molecule has 0 heterocycles. The highest BCUT2D eigenvalue weighted by Crippen LogP contribution is 2.19. The van der Waals surface area contributed by atoms with Gasteiger partial charge in [0.05, 0.1) is 12.7 Å². The van der Waals surface area contributed by atoms with Gasteiger partial charge in [-0.3, -0.25) is 4.21 Å². The zero-order chi connectivity index (χ0) is 11.4. The van der Waals surface area contributed by atoms with Crippen LogP contribution < -0.4 is 0 Å². The zero-order valence-corrected chi connectivity index (χ0v) is 9.30. The lowest BCUT2D eigenvalue weighted by Crippen LogP contribution is -2.09. The number of rotatable bonds is 3. The van der Waals surface area contributed by atoms with Crippen molar-refractivity contribution < 1.29 is 18.3 Å². The number of carbonyl (C=O) groups excluding carboxylic acids is 1. The number of benzene rings is 1. The van der Waals surface area contributed by atoms with Gasteiger partial charge in [-0.15, -0.1) is 0 Å². The van der Waals surface area contributed by atoms with Crippen LogP contribution in [0.2, 0.25) is 0 Å². The van der Waals surface area contributed by atoms with Gasteiger partial charge in [-0.2, -0.15) is 0 Å². The molecule has 1 aromatic carbocycles. The van der Waals surface area contributed by atoms with Crippen molar-refractivity contribution in [2.45, 2.75) is 18.2 Å². The standard InChI is InChI=1S/C10H12O4S/c1-3-7-5-4-6-8(10(11)14-2)9(7)15(12)13/h4-6H,3H2,1-2H3,(H,12,13)/p-1. The molecule has 1 unspecified atom stereocenters. The molecule has 0 amide bonds. The maximum Gasteiger partial charge on any atom is 0.339 e. The van der Waals surface area contributed by atoms with Gasteiger partial charge in [-0.25, -0.2) is 4.79 Å². The maximum atomic E-state index is 11.3. The molecule has 0 radical (unpaired) electrons. The third-order valence-electron chi connectivity index (χ3n) is 2.05. The Hall–Kier alpha value is -1.20. The average molecular weight is 227 g/mol. The Bertz CT molecular complexity index is 400. The highest BCUT2D eigenvalue weighted by molar-refractivity contribution is 7.79. The van der Waals surface area contributed by atoms with E-state index in [1.165, 1.54) is 13.2 Å². The molecule has 1 aromatic rings. The predicted octanol–water partition coefficient (Wildman–Crippen LogP) is 1.27. The van der Waals surface area contributed by atoms with Crippen molar-refractivity contribution in [1.82, 2.24) is 0 Å². The summed E-state index contributed by atoms with van der Waals surface area (Å²) in [6.45, 7) is 1.83. The summed E-state index contributed by atoms with van der Waals surface area (Å²) in [7, 11) is 1.22. The van der Waals surface area contributed by atoms with Crippen LogP contribution >= 0.6 is 0 Å².